The average Bonchev–Trinajstić information content (AvgIpc) is 2.21. The number of anilines is 1. The minimum absolute atomic E-state index is 0.0333. The summed E-state index contributed by atoms with van der Waals surface area (Å²) in [5.41, 5.74) is 0.606. The van der Waals surface area contributed by atoms with Crippen molar-refractivity contribution < 1.29 is 8.42 Å². The fourth-order valence-electron chi connectivity index (χ4n) is 1.56. The van der Waals surface area contributed by atoms with Gasteiger partial charge in [-0.3, -0.25) is 0 Å². The van der Waals surface area contributed by atoms with E-state index in [4.69, 9.17) is 28.5 Å². The highest BCUT2D eigenvalue weighted by Gasteiger charge is 2.31. The van der Waals surface area contributed by atoms with Gasteiger partial charge in [0.25, 0.3) is 0 Å². The standard InChI is InChI=1S/C10H6Cl2N2O2S/c1-5-10(4-13)17(15,16)9-3-7(12)6(11)2-8(9)14-5/h2-3,14H,1H3. The normalized spacial score (nSPS) is 17.1. The molecule has 0 fully saturated rings. The van der Waals surface area contributed by atoms with Crippen LogP contribution < -0.4 is 5.32 Å². The molecule has 0 aliphatic carbocycles. The van der Waals surface area contributed by atoms with E-state index < -0.39 is 9.84 Å². The number of hydrogen-bond acceptors (Lipinski definition) is 4. The van der Waals surface area contributed by atoms with Gasteiger partial charge in [0, 0.05) is 5.70 Å². The van der Waals surface area contributed by atoms with Crippen molar-refractivity contribution >= 4 is 38.7 Å². The summed E-state index contributed by atoms with van der Waals surface area (Å²) in [6, 6.07) is 4.34. The van der Waals surface area contributed by atoms with Gasteiger partial charge in [0.15, 0.2) is 4.91 Å². The first-order valence-electron chi connectivity index (χ1n) is 4.50. The Morgan fingerprint density at radius 3 is 2.47 bits per heavy atom. The molecule has 0 spiro atoms. The quantitative estimate of drug-likeness (QED) is 0.797. The fourth-order valence-corrected chi connectivity index (χ4v) is 3.42. The number of rotatable bonds is 0. The third-order valence-corrected chi connectivity index (χ3v) is 4.92. The van der Waals surface area contributed by atoms with E-state index in [1.54, 1.807) is 6.07 Å². The zero-order valence-corrected chi connectivity index (χ0v) is 10.9. The molecule has 0 saturated carbocycles. The molecule has 7 heteroatoms. The van der Waals surface area contributed by atoms with E-state index in [0.29, 0.717) is 5.69 Å². The lowest BCUT2D eigenvalue weighted by atomic mass is 10.3. The van der Waals surface area contributed by atoms with Crippen molar-refractivity contribution in [1.29, 1.82) is 5.26 Å². The largest absolute Gasteiger partial charge is 0.356 e. The van der Waals surface area contributed by atoms with Crippen molar-refractivity contribution in [3.63, 3.8) is 0 Å². The van der Waals surface area contributed by atoms with Crippen LogP contribution in [0.2, 0.25) is 10.0 Å². The van der Waals surface area contributed by atoms with Crippen LogP contribution in [0.5, 0.6) is 0 Å². The molecule has 0 atom stereocenters. The van der Waals surface area contributed by atoms with Crippen LogP contribution in [0.25, 0.3) is 0 Å². The summed E-state index contributed by atoms with van der Waals surface area (Å²) in [6.07, 6.45) is 0. The third kappa shape index (κ3) is 1.78. The molecule has 1 heterocycles. The van der Waals surface area contributed by atoms with Crippen LogP contribution in [0.3, 0.4) is 0 Å². The van der Waals surface area contributed by atoms with Gasteiger partial charge in [-0.1, -0.05) is 23.2 Å². The summed E-state index contributed by atoms with van der Waals surface area (Å²) in [5.74, 6) is 0. The van der Waals surface area contributed by atoms with Crippen LogP contribution in [0, 0.1) is 11.3 Å². The Labute approximate surface area is 108 Å². The smallest absolute Gasteiger partial charge is 0.220 e. The highest BCUT2D eigenvalue weighted by molar-refractivity contribution is 7.95. The minimum Gasteiger partial charge on any atom is -0.356 e. The number of halogens is 2. The predicted octanol–water partition coefficient (Wildman–Crippen LogP) is 2.95. The Morgan fingerprint density at radius 2 is 1.88 bits per heavy atom. The van der Waals surface area contributed by atoms with E-state index in [1.807, 2.05) is 0 Å². The predicted molar refractivity (Wildman–Crippen MR) is 65.6 cm³/mol. The van der Waals surface area contributed by atoms with Gasteiger partial charge in [-0.15, -0.1) is 0 Å². The van der Waals surface area contributed by atoms with Gasteiger partial charge in [-0.2, -0.15) is 5.26 Å². The van der Waals surface area contributed by atoms with E-state index in [0.717, 1.165) is 0 Å². The summed E-state index contributed by atoms with van der Waals surface area (Å²) in [4.78, 5) is -0.336. The summed E-state index contributed by atoms with van der Waals surface area (Å²) in [7, 11) is -3.81. The topological polar surface area (TPSA) is 70.0 Å². The number of nitriles is 1. The van der Waals surface area contributed by atoms with Crippen LogP contribution in [0.15, 0.2) is 27.6 Å². The molecule has 1 N–H and O–H groups in total. The van der Waals surface area contributed by atoms with Gasteiger partial charge >= 0.3 is 0 Å². The van der Waals surface area contributed by atoms with Gasteiger partial charge in [-0.05, 0) is 19.1 Å². The Bertz CT molecular complexity index is 687. The molecule has 0 amide bonds. The second-order valence-corrected chi connectivity index (χ2v) is 6.13. The monoisotopic (exact) mass is 288 g/mol. The molecule has 4 nitrogen and oxygen atoms in total. The number of fused-ring (bicyclic) bond motifs is 1. The molecule has 17 heavy (non-hydrogen) atoms. The molecule has 1 aromatic carbocycles. The molecule has 1 aliphatic heterocycles. The number of hydrogen-bond donors (Lipinski definition) is 1. The second-order valence-electron chi connectivity index (χ2n) is 3.46. The van der Waals surface area contributed by atoms with Crippen molar-refractivity contribution in [2.45, 2.75) is 11.8 Å². The Morgan fingerprint density at radius 1 is 1.29 bits per heavy atom. The number of nitrogens with zero attached hydrogens (tertiary/aromatic N) is 1. The molecular weight excluding hydrogens is 283 g/mol. The Kier molecular flexibility index (Phi) is 2.82. The van der Waals surface area contributed by atoms with E-state index in [1.165, 1.54) is 19.1 Å². The first kappa shape index (κ1) is 12.2. The summed E-state index contributed by atoms with van der Waals surface area (Å²) >= 11 is 11.6. The lowest BCUT2D eigenvalue weighted by Crippen LogP contribution is -2.17. The molecule has 88 valence electrons. The van der Waals surface area contributed by atoms with Crippen LogP contribution >= 0.6 is 23.2 Å². The van der Waals surface area contributed by atoms with Crippen LogP contribution in [-0.4, -0.2) is 8.42 Å². The Balaban J connectivity index is 2.81. The highest BCUT2D eigenvalue weighted by atomic mass is 35.5. The highest BCUT2D eigenvalue weighted by Crippen LogP contribution is 2.38. The maximum absolute atomic E-state index is 12.1. The molecule has 1 aromatic rings. The van der Waals surface area contributed by atoms with E-state index in [2.05, 4.69) is 5.32 Å². The van der Waals surface area contributed by atoms with Crippen molar-refractivity contribution in [1.82, 2.24) is 0 Å². The van der Waals surface area contributed by atoms with Crippen molar-refractivity contribution in [3.05, 3.63) is 32.8 Å². The lowest BCUT2D eigenvalue weighted by molar-refractivity contribution is 0.602. The maximum Gasteiger partial charge on any atom is 0.220 e. The second kappa shape index (κ2) is 3.91. The molecule has 0 saturated heterocycles. The molecule has 0 radical (unpaired) electrons. The van der Waals surface area contributed by atoms with Gasteiger partial charge in [-0.25, -0.2) is 8.42 Å². The number of allylic oxidation sites excluding steroid dienone is 2. The molecular formula is C10H6Cl2N2O2S. The van der Waals surface area contributed by atoms with Gasteiger partial charge in [0.1, 0.15) is 6.07 Å². The molecule has 0 unspecified atom stereocenters. The first-order chi connectivity index (χ1) is 7.87. The maximum atomic E-state index is 12.1. The van der Waals surface area contributed by atoms with Gasteiger partial charge in [0.05, 0.1) is 20.6 Å². The van der Waals surface area contributed by atoms with Crippen molar-refractivity contribution in [2.24, 2.45) is 0 Å². The molecule has 0 bridgehead atoms. The first-order valence-corrected chi connectivity index (χ1v) is 6.74. The minimum atomic E-state index is -3.81. The van der Waals surface area contributed by atoms with E-state index in [9.17, 15) is 8.42 Å². The number of sulfone groups is 1. The third-order valence-electron chi connectivity index (χ3n) is 2.35. The summed E-state index contributed by atoms with van der Waals surface area (Å²) in [6.45, 7) is 1.52. The van der Waals surface area contributed by atoms with Crippen molar-refractivity contribution in [2.75, 3.05) is 5.32 Å². The van der Waals surface area contributed by atoms with E-state index in [-0.39, 0.29) is 25.5 Å². The number of nitrogens with one attached hydrogen (secondary N) is 1. The summed E-state index contributed by atoms with van der Waals surface area (Å²) in [5, 5.41) is 12.1. The average molecular weight is 289 g/mol. The van der Waals surface area contributed by atoms with E-state index >= 15 is 0 Å². The number of benzene rings is 1. The van der Waals surface area contributed by atoms with Gasteiger partial charge < -0.3 is 5.32 Å². The summed E-state index contributed by atoms with van der Waals surface area (Å²) < 4.78 is 24.2. The lowest BCUT2D eigenvalue weighted by Gasteiger charge is -2.20. The molecule has 2 rings (SSSR count). The molecule has 0 aromatic heterocycles. The van der Waals surface area contributed by atoms with Crippen LogP contribution in [-0.2, 0) is 9.84 Å². The van der Waals surface area contributed by atoms with Crippen LogP contribution in [0.1, 0.15) is 6.92 Å². The fraction of sp³-hybridized carbons (Fsp3) is 0.100. The molecule has 1 aliphatic rings. The zero-order chi connectivity index (χ0) is 12.8. The van der Waals surface area contributed by atoms with Crippen LogP contribution in [0.4, 0.5) is 5.69 Å². The van der Waals surface area contributed by atoms with Gasteiger partial charge in [0.2, 0.25) is 9.84 Å². The SMILES string of the molecule is CC1=C(C#N)S(=O)(=O)c2cc(Cl)c(Cl)cc2N1. The zero-order valence-electron chi connectivity index (χ0n) is 8.58. The van der Waals surface area contributed by atoms with Crippen molar-refractivity contribution in [3.8, 4) is 6.07 Å². The Hall–Kier alpha value is -1.22.